The van der Waals surface area contributed by atoms with Crippen molar-refractivity contribution in [3.05, 3.63) is 0 Å². The third kappa shape index (κ3) is 2.83. The molecule has 1 rings (SSSR count). The molecule has 1 aliphatic rings. The SMILES string of the molecule is CCN1[I-]N(CC)[C@H](C)C(C)CC1C. The van der Waals surface area contributed by atoms with Crippen LogP contribution in [0.2, 0.25) is 0 Å². The molecule has 0 saturated carbocycles. The molecule has 0 N–H and O–H groups in total. The number of hydrogen-bond acceptors (Lipinski definition) is 2. The van der Waals surface area contributed by atoms with E-state index in [1.54, 1.807) is 0 Å². The fourth-order valence-electron chi connectivity index (χ4n) is 2.10. The summed E-state index contributed by atoms with van der Waals surface area (Å²) in [4.78, 5) is 0. The van der Waals surface area contributed by atoms with E-state index in [0.717, 1.165) is 18.0 Å². The van der Waals surface area contributed by atoms with E-state index in [9.17, 15) is 0 Å². The molecule has 0 bridgehead atoms. The van der Waals surface area contributed by atoms with Crippen LogP contribution in [-0.2, 0) is 0 Å². The van der Waals surface area contributed by atoms with Gasteiger partial charge in [0.15, 0.2) is 0 Å². The fraction of sp³-hybridized carbons (Fsp3) is 1.00. The zero-order valence-electron chi connectivity index (χ0n) is 10.1. The van der Waals surface area contributed by atoms with Gasteiger partial charge in [-0.25, -0.2) is 0 Å². The predicted molar refractivity (Wildman–Crippen MR) is 57.5 cm³/mol. The molecule has 0 aromatic rings. The van der Waals surface area contributed by atoms with Crippen molar-refractivity contribution in [3.63, 3.8) is 0 Å². The van der Waals surface area contributed by atoms with Gasteiger partial charge in [0.05, 0.1) is 0 Å². The van der Waals surface area contributed by atoms with Crippen molar-refractivity contribution in [3.8, 4) is 0 Å². The molecule has 14 heavy (non-hydrogen) atoms. The minimum absolute atomic E-state index is 0.114. The Morgan fingerprint density at radius 2 is 1.64 bits per heavy atom. The van der Waals surface area contributed by atoms with Crippen LogP contribution >= 0.6 is 0 Å². The van der Waals surface area contributed by atoms with E-state index in [1.165, 1.54) is 19.5 Å². The van der Waals surface area contributed by atoms with Crippen molar-refractivity contribution >= 4 is 0 Å². The molecular weight excluding hydrogens is 287 g/mol. The van der Waals surface area contributed by atoms with E-state index < -0.39 is 0 Å². The van der Waals surface area contributed by atoms with Gasteiger partial charge >= 0.3 is 100 Å². The Hall–Kier alpha value is 0.650. The summed E-state index contributed by atoms with van der Waals surface area (Å²) < 4.78 is 5.40. The second-order valence-electron chi connectivity index (χ2n) is 4.31. The third-order valence-electron chi connectivity index (χ3n) is 3.25. The summed E-state index contributed by atoms with van der Waals surface area (Å²) in [5.41, 5.74) is 0. The molecule has 1 saturated heterocycles. The maximum absolute atomic E-state index is 2.70. The number of rotatable bonds is 2. The van der Waals surface area contributed by atoms with Gasteiger partial charge in [0, 0.05) is 0 Å². The van der Waals surface area contributed by atoms with Crippen molar-refractivity contribution in [1.82, 2.24) is 6.23 Å². The normalized spacial score (nSPS) is 37.6. The van der Waals surface area contributed by atoms with Crippen molar-refractivity contribution in [2.45, 2.75) is 53.1 Å². The molecule has 1 heterocycles. The average Bonchev–Trinajstić information content (AvgIpc) is 2.27. The van der Waals surface area contributed by atoms with E-state index in [1.807, 2.05) is 0 Å². The van der Waals surface area contributed by atoms with Gasteiger partial charge in [0.2, 0.25) is 0 Å². The molecule has 2 nitrogen and oxygen atoms in total. The molecule has 3 atom stereocenters. The van der Waals surface area contributed by atoms with Crippen LogP contribution in [0.1, 0.15) is 41.0 Å². The van der Waals surface area contributed by atoms with E-state index >= 15 is 0 Å². The second-order valence-corrected chi connectivity index (χ2v) is 7.22. The Kier molecular flexibility index (Phi) is 5.14. The first kappa shape index (κ1) is 12.7. The zero-order valence-corrected chi connectivity index (χ0v) is 12.3. The Bertz CT molecular complexity index is 173. The van der Waals surface area contributed by atoms with Gasteiger partial charge < -0.3 is 0 Å². The number of hydrogen-bond donors (Lipinski definition) is 0. The molecule has 0 aromatic carbocycles. The number of halogens is 1. The van der Waals surface area contributed by atoms with Gasteiger partial charge in [-0.3, -0.25) is 0 Å². The minimum atomic E-state index is 0.114. The molecule has 2 unspecified atom stereocenters. The Labute approximate surface area is 100 Å². The van der Waals surface area contributed by atoms with Crippen LogP contribution < -0.4 is 21.8 Å². The zero-order chi connectivity index (χ0) is 10.7. The Morgan fingerprint density at radius 1 is 1.07 bits per heavy atom. The number of nitrogens with zero attached hydrogens (tertiary/aromatic N) is 2. The molecule has 0 aromatic heterocycles. The van der Waals surface area contributed by atoms with E-state index in [2.05, 4.69) is 40.8 Å². The third-order valence-corrected chi connectivity index (χ3v) is 7.56. The molecule has 0 radical (unpaired) electrons. The molecule has 0 spiro atoms. The first-order chi connectivity index (χ1) is 6.60. The molecule has 1 aliphatic heterocycles. The Balaban J connectivity index is 2.71. The standard InChI is InChI=1S/C11H24IN2/c1-6-13-10(4)8-9(3)11(5)14(7-2)12-13/h9-11H,6-8H2,1-5H3/q-1/t9?,10?,11-/m1/s1. The van der Waals surface area contributed by atoms with Crippen molar-refractivity contribution in [2.24, 2.45) is 5.92 Å². The van der Waals surface area contributed by atoms with Crippen LogP contribution in [0.4, 0.5) is 0 Å². The quantitative estimate of drug-likeness (QED) is 0.495. The maximum atomic E-state index is 2.70. The Morgan fingerprint density at radius 3 is 2.14 bits per heavy atom. The molecule has 86 valence electrons. The molecule has 3 heteroatoms. The van der Waals surface area contributed by atoms with Crippen molar-refractivity contribution in [2.75, 3.05) is 13.1 Å². The monoisotopic (exact) mass is 311 g/mol. The van der Waals surface area contributed by atoms with E-state index in [-0.39, 0.29) is 21.8 Å². The second kappa shape index (κ2) is 5.66. The van der Waals surface area contributed by atoms with Crippen LogP contribution in [0.5, 0.6) is 0 Å². The predicted octanol–water partition coefficient (Wildman–Crippen LogP) is -0.634. The van der Waals surface area contributed by atoms with Gasteiger partial charge in [-0.1, -0.05) is 0 Å². The van der Waals surface area contributed by atoms with Crippen LogP contribution in [0.25, 0.3) is 0 Å². The first-order valence-corrected chi connectivity index (χ1v) is 7.71. The van der Waals surface area contributed by atoms with Crippen LogP contribution in [0, 0.1) is 5.92 Å². The summed E-state index contributed by atoms with van der Waals surface area (Å²) in [7, 11) is 0. The molecule has 1 fully saturated rings. The molecule has 0 amide bonds. The summed E-state index contributed by atoms with van der Waals surface area (Å²) in [6, 6.07) is 1.58. The van der Waals surface area contributed by atoms with E-state index in [0.29, 0.717) is 0 Å². The molecule has 0 aliphatic carbocycles. The van der Waals surface area contributed by atoms with E-state index in [4.69, 9.17) is 0 Å². The topological polar surface area (TPSA) is 6.48 Å². The summed E-state index contributed by atoms with van der Waals surface area (Å²) >= 11 is 0.114. The summed E-state index contributed by atoms with van der Waals surface area (Å²) in [5.74, 6) is 0.848. The van der Waals surface area contributed by atoms with Gasteiger partial charge in [0.1, 0.15) is 0 Å². The van der Waals surface area contributed by atoms with Crippen LogP contribution in [-0.4, -0.2) is 31.4 Å². The average molecular weight is 311 g/mol. The first-order valence-electron chi connectivity index (χ1n) is 5.78. The summed E-state index contributed by atoms with van der Waals surface area (Å²) in [5, 5.41) is 0. The van der Waals surface area contributed by atoms with Crippen molar-refractivity contribution in [1.29, 1.82) is 0 Å². The summed E-state index contributed by atoms with van der Waals surface area (Å²) in [6.45, 7) is 14.3. The van der Waals surface area contributed by atoms with Crippen LogP contribution in [0.15, 0.2) is 0 Å². The van der Waals surface area contributed by atoms with Crippen molar-refractivity contribution < 1.29 is 21.8 Å². The van der Waals surface area contributed by atoms with Gasteiger partial charge in [-0.15, -0.1) is 0 Å². The fourth-order valence-corrected chi connectivity index (χ4v) is 5.02. The summed E-state index contributed by atoms with van der Waals surface area (Å²) in [6.07, 6.45) is 1.37. The molecular formula is C11H24IN2-. The van der Waals surface area contributed by atoms with Gasteiger partial charge in [0.25, 0.3) is 0 Å². The van der Waals surface area contributed by atoms with Crippen LogP contribution in [0.3, 0.4) is 0 Å². The van der Waals surface area contributed by atoms with Gasteiger partial charge in [-0.05, 0) is 0 Å². The van der Waals surface area contributed by atoms with Gasteiger partial charge in [-0.2, -0.15) is 0 Å².